The van der Waals surface area contributed by atoms with E-state index >= 15 is 0 Å². The molecule has 1 rings (SSSR count). The summed E-state index contributed by atoms with van der Waals surface area (Å²) in [5, 5.41) is 18.9. The van der Waals surface area contributed by atoms with Crippen molar-refractivity contribution in [3.05, 3.63) is 40.9 Å². The highest BCUT2D eigenvalue weighted by Gasteiger charge is 2.21. The lowest BCUT2D eigenvalue weighted by Crippen LogP contribution is -2.10. The van der Waals surface area contributed by atoms with E-state index in [0.29, 0.717) is 10.8 Å². The molecule has 16 heavy (non-hydrogen) atoms. The molecule has 0 radical (unpaired) electrons. The van der Waals surface area contributed by atoms with Crippen LogP contribution in [0, 0.1) is 0 Å². The summed E-state index contributed by atoms with van der Waals surface area (Å²) >= 11 is 5.76. The average molecular weight is 243 g/mol. The number of benzene rings is 1. The van der Waals surface area contributed by atoms with Gasteiger partial charge in [-0.15, -0.1) is 0 Å². The van der Waals surface area contributed by atoms with Crippen molar-refractivity contribution in [2.45, 2.75) is 6.10 Å². The van der Waals surface area contributed by atoms with Crippen LogP contribution in [0.25, 0.3) is 0 Å². The number of ether oxygens (including phenoxy) is 1. The summed E-state index contributed by atoms with van der Waals surface area (Å²) in [6, 6.07) is 4.58. The molecule has 86 valence electrons. The van der Waals surface area contributed by atoms with Crippen LogP contribution in [-0.2, 0) is 4.79 Å². The van der Waals surface area contributed by atoms with Gasteiger partial charge < -0.3 is 14.9 Å². The van der Waals surface area contributed by atoms with Crippen LogP contribution in [0.2, 0.25) is 5.02 Å². The summed E-state index contributed by atoms with van der Waals surface area (Å²) in [5.74, 6) is -0.908. The van der Waals surface area contributed by atoms with Crippen molar-refractivity contribution >= 4 is 17.6 Å². The number of carbonyl (C=O) groups is 1. The van der Waals surface area contributed by atoms with E-state index in [1.54, 1.807) is 12.1 Å². The number of aliphatic hydroxyl groups excluding tert-OH is 1. The Hall–Kier alpha value is -1.52. The summed E-state index contributed by atoms with van der Waals surface area (Å²) in [6.45, 7) is 3.29. The van der Waals surface area contributed by atoms with Crippen LogP contribution < -0.4 is 4.74 Å². The minimum Gasteiger partial charge on any atom is -0.496 e. The van der Waals surface area contributed by atoms with Gasteiger partial charge in [-0.05, 0) is 18.2 Å². The van der Waals surface area contributed by atoms with Crippen molar-refractivity contribution in [3.63, 3.8) is 0 Å². The SMILES string of the molecule is C=C(C(=O)O)C(O)c1cc(Cl)ccc1OC. The van der Waals surface area contributed by atoms with E-state index in [9.17, 15) is 9.90 Å². The predicted molar refractivity (Wildman–Crippen MR) is 59.7 cm³/mol. The zero-order chi connectivity index (χ0) is 12.3. The third-order valence-electron chi connectivity index (χ3n) is 2.09. The molecule has 5 heteroatoms. The van der Waals surface area contributed by atoms with E-state index in [0.717, 1.165) is 0 Å². The molecule has 1 unspecified atom stereocenters. The Morgan fingerprint density at radius 2 is 2.19 bits per heavy atom. The number of rotatable bonds is 4. The smallest absolute Gasteiger partial charge is 0.333 e. The Balaban J connectivity index is 3.15. The fourth-order valence-electron chi connectivity index (χ4n) is 1.22. The normalized spacial score (nSPS) is 11.9. The molecule has 2 N–H and O–H groups in total. The van der Waals surface area contributed by atoms with Crippen LogP contribution in [-0.4, -0.2) is 23.3 Å². The Kier molecular flexibility index (Phi) is 3.93. The highest BCUT2D eigenvalue weighted by Crippen LogP contribution is 2.31. The van der Waals surface area contributed by atoms with Gasteiger partial charge in [0.25, 0.3) is 0 Å². The molecule has 1 atom stereocenters. The van der Waals surface area contributed by atoms with Crippen LogP contribution in [0.5, 0.6) is 5.75 Å². The fraction of sp³-hybridized carbons (Fsp3) is 0.182. The van der Waals surface area contributed by atoms with Gasteiger partial charge in [-0.3, -0.25) is 0 Å². The monoisotopic (exact) mass is 242 g/mol. The fourth-order valence-corrected chi connectivity index (χ4v) is 1.40. The van der Waals surface area contributed by atoms with Gasteiger partial charge in [-0.2, -0.15) is 0 Å². The summed E-state index contributed by atoms with van der Waals surface area (Å²) in [6.07, 6.45) is -1.34. The number of halogens is 1. The van der Waals surface area contributed by atoms with Crippen LogP contribution in [0.15, 0.2) is 30.4 Å². The summed E-state index contributed by atoms with van der Waals surface area (Å²) < 4.78 is 5.00. The van der Waals surface area contributed by atoms with Crippen molar-refractivity contribution in [3.8, 4) is 5.75 Å². The maximum atomic E-state index is 10.7. The van der Waals surface area contributed by atoms with E-state index < -0.39 is 12.1 Å². The first kappa shape index (κ1) is 12.5. The third-order valence-corrected chi connectivity index (χ3v) is 2.33. The van der Waals surface area contributed by atoms with E-state index in [2.05, 4.69) is 6.58 Å². The highest BCUT2D eigenvalue weighted by atomic mass is 35.5. The standard InChI is InChI=1S/C11H11ClO4/c1-6(11(14)15)10(13)8-5-7(12)3-4-9(8)16-2/h3-5,10,13H,1H2,2H3,(H,14,15). The molecule has 0 spiro atoms. The first-order valence-corrected chi connectivity index (χ1v) is 4.78. The first-order valence-electron chi connectivity index (χ1n) is 4.41. The average Bonchev–Trinajstić information content (AvgIpc) is 2.26. The van der Waals surface area contributed by atoms with Gasteiger partial charge in [0.1, 0.15) is 11.9 Å². The van der Waals surface area contributed by atoms with Gasteiger partial charge >= 0.3 is 5.97 Å². The molecule has 0 saturated carbocycles. The van der Waals surface area contributed by atoms with Crippen LogP contribution in [0.1, 0.15) is 11.7 Å². The summed E-state index contributed by atoms with van der Waals surface area (Å²) in [5.41, 5.74) is -0.0528. The molecule has 0 aromatic heterocycles. The van der Waals surface area contributed by atoms with Gasteiger partial charge in [0.05, 0.1) is 12.7 Å². The first-order chi connectivity index (χ1) is 7.47. The summed E-state index contributed by atoms with van der Waals surface area (Å²) in [7, 11) is 1.42. The minimum absolute atomic E-state index is 0.280. The van der Waals surface area contributed by atoms with Gasteiger partial charge in [-0.25, -0.2) is 4.79 Å². The number of carboxylic acid groups (broad SMARTS) is 1. The lowest BCUT2D eigenvalue weighted by molar-refractivity contribution is -0.133. The Labute approximate surface area is 97.7 Å². The predicted octanol–water partition coefficient (Wildman–Crippen LogP) is 2.02. The number of hydrogen-bond donors (Lipinski definition) is 2. The molecule has 0 saturated heterocycles. The van der Waals surface area contributed by atoms with Crippen molar-refractivity contribution in [2.75, 3.05) is 7.11 Å². The second kappa shape index (κ2) is 5.01. The molecule has 0 bridgehead atoms. The number of carboxylic acids is 1. The molecule has 0 heterocycles. The van der Waals surface area contributed by atoms with Crippen molar-refractivity contribution < 1.29 is 19.7 Å². The zero-order valence-electron chi connectivity index (χ0n) is 8.61. The second-order valence-corrected chi connectivity index (χ2v) is 3.56. The molecule has 4 nitrogen and oxygen atoms in total. The molecule has 1 aromatic rings. The number of aliphatic carboxylic acids is 1. The van der Waals surface area contributed by atoms with E-state index in [4.69, 9.17) is 21.4 Å². The van der Waals surface area contributed by atoms with Gasteiger partial charge in [0, 0.05) is 10.6 Å². The molecule has 0 aliphatic carbocycles. The summed E-state index contributed by atoms with van der Waals surface area (Å²) in [4.78, 5) is 10.7. The van der Waals surface area contributed by atoms with Crippen molar-refractivity contribution in [2.24, 2.45) is 0 Å². The quantitative estimate of drug-likeness (QED) is 0.793. The second-order valence-electron chi connectivity index (χ2n) is 3.12. The zero-order valence-corrected chi connectivity index (χ0v) is 9.36. The number of methoxy groups -OCH3 is 1. The van der Waals surface area contributed by atoms with Crippen LogP contribution in [0.3, 0.4) is 0 Å². The number of hydrogen-bond acceptors (Lipinski definition) is 3. The molecule has 1 aromatic carbocycles. The maximum Gasteiger partial charge on any atom is 0.333 e. The Bertz CT molecular complexity index is 428. The van der Waals surface area contributed by atoms with E-state index in [-0.39, 0.29) is 11.1 Å². The van der Waals surface area contributed by atoms with Crippen molar-refractivity contribution in [1.29, 1.82) is 0 Å². The van der Waals surface area contributed by atoms with Gasteiger partial charge in [0.15, 0.2) is 0 Å². The largest absolute Gasteiger partial charge is 0.496 e. The highest BCUT2D eigenvalue weighted by molar-refractivity contribution is 6.30. The Morgan fingerprint density at radius 1 is 1.56 bits per heavy atom. The topological polar surface area (TPSA) is 66.8 Å². The Morgan fingerprint density at radius 3 is 2.69 bits per heavy atom. The molecule has 0 aliphatic heterocycles. The maximum absolute atomic E-state index is 10.7. The molecule has 0 aliphatic rings. The molecule has 0 amide bonds. The van der Waals surface area contributed by atoms with Crippen LogP contribution >= 0.6 is 11.6 Å². The van der Waals surface area contributed by atoms with E-state index in [1.807, 2.05) is 0 Å². The number of aliphatic hydroxyl groups is 1. The van der Waals surface area contributed by atoms with E-state index in [1.165, 1.54) is 13.2 Å². The van der Waals surface area contributed by atoms with Crippen LogP contribution in [0.4, 0.5) is 0 Å². The third kappa shape index (κ3) is 2.53. The lowest BCUT2D eigenvalue weighted by Gasteiger charge is -2.14. The van der Waals surface area contributed by atoms with Gasteiger partial charge in [0.2, 0.25) is 0 Å². The lowest BCUT2D eigenvalue weighted by atomic mass is 10.0. The minimum atomic E-state index is -1.34. The van der Waals surface area contributed by atoms with Crippen molar-refractivity contribution in [1.82, 2.24) is 0 Å². The molecular formula is C11H11ClO4. The van der Waals surface area contributed by atoms with Gasteiger partial charge in [-0.1, -0.05) is 18.2 Å². The molecule has 0 fully saturated rings. The molecular weight excluding hydrogens is 232 g/mol.